The molecule has 0 amide bonds. The molecule has 2 heterocycles. The van der Waals surface area contributed by atoms with Crippen molar-refractivity contribution in [2.24, 2.45) is 0 Å². The summed E-state index contributed by atoms with van der Waals surface area (Å²) in [6.45, 7) is 0. The van der Waals surface area contributed by atoms with Crippen molar-refractivity contribution in [2.75, 3.05) is 17.7 Å². The Morgan fingerprint density at radius 2 is 1.73 bits per heavy atom. The summed E-state index contributed by atoms with van der Waals surface area (Å²) in [4.78, 5) is 25.8. The summed E-state index contributed by atoms with van der Waals surface area (Å²) in [6.07, 6.45) is 2.29. The second kappa shape index (κ2) is 5.80. The third-order valence-electron chi connectivity index (χ3n) is 4.34. The molecule has 2 aromatic rings. The normalized spacial score (nSPS) is 17.5. The highest BCUT2D eigenvalue weighted by Gasteiger charge is 2.52. The molecule has 0 atom stereocenters. The molecule has 0 aromatic heterocycles. The largest absolute Gasteiger partial charge is 0.497 e. The van der Waals surface area contributed by atoms with Gasteiger partial charge in [-0.3, -0.25) is 4.90 Å². The maximum absolute atomic E-state index is 12.1. The van der Waals surface area contributed by atoms with E-state index in [1.54, 1.807) is 30.2 Å². The summed E-state index contributed by atoms with van der Waals surface area (Å²) in [5.74, 6) is -2.38. The molecule has 2 aliphatic heterocycles. The Bertz CT molecular complexity index is 917. The zero-order chi connectivity index (χ0) is 18.3. The van der Waals surface area contributed by atoms with E-state index in [-0.39, 0.29) is 6.42 Å². The van der Waals surface area contributed by atoms with Crippen LogP contribution in [-0.2, 0) is 25.5 Å². The number of anilines is 3. The molecule has 0 unspecified atom stereocenters. The number of nitrogen functional groups attached to an aromatic ring is 1. The van der Waals surface area contributed by atoms with Crippen molar-refractivity contribution in [3.63, 3.8) is 0 Å². The lowest BCUT2D eigenvalue weighted by atomic mass is 10.1. The first-order valence-corrected chi connectivity index (χ1v) is 7.98. The van der Waals surface area contributed by atoms with E-state index in [0.717, 1.165) is 23.4 Å². The molecule has 2 aromatic carbocycles. The molecule has 26 heavy (non-hydrogen) atoms. The molecule has 4 rings (SSSR count). The van der Waals surface area contributed by atoms with Gasteiger partial charge in [-0.25, -0.2) is 9.59 Å². The van der Waals surface area contributed by atoms with E-state index in [1.165, 1.54) is 0 Å². The molecule has 0 radical (unpaired) electrons. The van der Waals surface area contributed by atoms with Gasteiger partial charge < -0.3 is 19.9 Å². The average molecular weight is 352 g/mol. The minimum atomic E-state index is -1.63. The molecule has 0 saturated carbocycles. The van der Waals surface area contributed by atoms with E-state index in [0.29, 0.717) is 17.1 Å². The number of nitrogens with zero attached hydrogens (tertiary/aromatic N) is 1. The molecule has 0 fully saturated rings. The Hall–Kier alpha value is -3.48. The minimum Gasteiger partial charge on any atom is -0.497 e. The first kappa shape index (κ1) is 16.0. The summed E-state index contributed by atoms with van der Waals surface area (Å²) < 4.78 is 16.3. The number of esters is 2. The quantitative estimate of drug-likeness (QED) is 0.655. The highest BCUT2D eigenvalue weighted by Crippen LogP contribution is 2.48. The van der Waals surface area contributed by atoms with Crippen LogP contribution in [0.5, 0.6) is 5.75 Å². The molecule has 0 aliphatic carbocycles. The molecular weight excluding hydrogens is 336 g/mol. The Morgan fingerprint density at radius 3 is 2.38 bits per heavy atom. The number of hydrogen-bond donors (Lipinski definition) is 1. The van der Waals surface area contributed by atoms with Crippen molar-refractivity contribution in [2.45, 2.75) is 12.3 Å². The predicted octanol–water partition coefficient (Wildman–Crippen LogP) is 2.28. The van der Waals surface area contributed by atoms with Crippen LogP contribution >= 0.6 is 0 Å². The summed E-state index contributed by atoms with van der Waals surface area (Å²) in [6, 6.07) is 12.6. The smallest absolute Gasteiger partial charge is 0.351 e. The van der Waals surface area contributed by atoms with Crippen molar-refractivity contribution >= 4 is 29.0 Å². The van der Waals surface area contributed by atoms with Gasteiger partial charge in [-0.15, -0.1) is 0 Å². The predicted molar refractivity (Wildman–Crippen MR) is 93.7 cm³/mol. The van der Waals surface area contributed by atoms with Gasteiger partial charge in [0.25, 0.3) is 0 Å². The third kappa shape index (κ3) is 2.45. The van der Waals surface area contributed by atoms with Gasteiger partial charge in [0.2, 0.25) is 0 Å². The summed E-state index contributed by atoms with van der Waals surface area (Å²) in [5, 5.41) is 0. The number of carbonyl (C=O) groups excluding carboxylic acids is 2. The molecule has 0 bridgehead atoms. The monoisotopic (exact) mass is 352 g/mol. The Kier molecular flexibility index (Phi) is 3.57. The molecule has 1 spiro atoms. The lowest BCUT2D eigenvalue weighted by Gasteiger charge is -2.37. The van der Waals surface area contributed by atoms with Gasteiger partial charge in [0, 0.05) is 18.2 Å². The molecular formula is C19H16N2O5. The fourth-order valence-electron chi connectivity index (χ4n) is 3.26. The van der Waals surface area contributed by atoms with Crippen LogP contribution in [0.2, 0.25) is 0 Å². The van der Waals surface area contributed by atoms with Crippen LogP contribution in [0.1, 0.15) is 5.56 Å². The van der Waals surface area contributed by atoms with Crippen LogP contribution < -0.4 is 15.4 Å². The van der Waals surface area contributed by atoms with Crippen LogP contribution in [-0.4, -0.2) is 25.0 Å². The Morgan fingerprint density at radius 1 is 1.04 bits per heavy atom. The summed E-state index contributed by atoms with van der Waals surface area (Å²) in [5.41, 5.74) is 8.76. The second-order valence-electron chi connectivity index (χ2n) is 5.95. The van der Waals surface area contributed by atoms with E-state index in [2.05, 4.69) is 0 Å². The number of nitrogens with two attached hydrogens (primary N) is 1. The minimum absolute atomic E-state index is 0.188. The molecule has 7 heteroatoms. The van der Waals surface area contributed by atoms with E-state index >= 15 is 0 Å². The number of hydrogen-bond acceptors (Lipinski definition) is 7. The lowest BCUT2D eigenvalue weighted by Crippen LogP contribution is -2.50. The zero-order valence-electron chi connectivity index (χ0n) is 14.0. The zero-order valence-corrected chi connectivity index (χ0v) is 14.0. The highest BCUT2D eigenvalue weighted by atomic mass is 16.8. The number of ether oxygens (including phenoxy) is 3. The SMILES string of the molecule is COc1ccc(N2c3ccccc3CC23OC(=O)C=CC(=O)O3)c(N)c1. The number of rotatable bonds is 2. The number of methoxy groups -OCH3 is 1. The van der Waals surface area contributed by atoms with Crippen LogP contribution in [0.4, 0.5) is 17.1 Å². The van der Waals surface area contributed by atoms with Crippen LogP contribution in [0.25, 0.3) is 0 Å². The van der Waals surface area contributed by atoms with Crippen LogP contribution in [0.15, 0.2) is 54.6 Å². The van der Waals surface area contributed by atoms with Gasteiger partial charge in [-0.2, -0.15) is 0 Å². The van der Waals surface area contributed by atoms with Crippen LogP contribution in [0, 0.1) is 0 Å². The first-order valence-electron chi connectivity index (χ1n) is 7.98. The lowest BCUT2D eigenvalue weighted by molar-refractivity contribution is -0.214. The van der Waals surface area contributed by atoms with Crippen LogP contribution in [0.3, 0.4) is 0 Å². The van der Waals surface area contributed by atoms with E-state index < -0.39 is 17.8 Å². The van der Waals surface area contributed by atoms with Crippen molar-refractivity contribution in [3.8, 4) is 5.75 Å². The van der Waals surface area contributed by atoms with Gasteiger partial charge >= 0.3 is 17.8 Å². The summed E-state index contributed by atoms with van der Waals surface area (Å²) >= 11 is 0. The topological polar surface area (TPSA) is 91.1 Å². The Labute approximate surface area is 149 Å². The van der Waals surface area contributed by atoms with Gasteiger partial charge in [0.15, 0.2) is 0 Å². The molecule has 0 saturated heterocycles. The fourth-order valence-corrected chi connectivity index (χ4v) is 3.26. The van der Waals surface area contributed by atoms with Crippen molar-refractivity contribution in [1.29, 1.82) is 0 Å². The number of para-hydroxylation sites is 1. The van der Waals surface area contributed by atoms with Gasteiger partial charge in [-0.05, 0) is 23.8 Å². The molecule has 2 N–H and O–H groups in total. The maximum atomic E-state index is 12.1. The molecule has 7 nitrogen and oxygen atoms in total. The number of fused-ring (bicyclic) bond motifs is 1. The van der Waals surface area contributed by atoms with E-state index in [4.69, 9.17) is 19.9 Å². The van der Waals surface area contributed by atoms with Gasteiger partial charge in [0.05, 0.1) is 30.6 Å². The first-order chi connectivity index (χ1) is 12.5. The van der Waals surface area contributed by atoms with E-state index in [9.17, 15) is 9.59 Å². The van der Waals surface area contributed by atoms with Gasteiger partial charge in [-0.1, -0.05) is 18.2 Å². The number of benzene rings is 2. The molecule has 2 aliphatic rings. The summed E-state index contributed by atoms with van der Waals surface area (Å²) in [7, 11) is 1.54. The second-order valence-corrected chi connectivity index (χ2v) is 5.95. The highest BCUT2D eigenvalue weighted by molar-refractivity contribution is 5.94. The average Bonchev–Trinajstić information content (AvgIpc) is 2.84. The van der Waals surface area contributed by atoms with E-state index in [1.807, 2.05) is 24.3 Å². The fraction of sp³-hybridized carbons (Fsp3) is 0.158. The third-order valence-corrected chi connectivity index (χ3v) is 4.34. The van der Waals surface area contributed by atoms with Crippen molar-refractivity contribution in [1.82, 2.24) is 0 Å². The Balaban J connectivity index is 1.90. The van der Waals surface area contributed by atoms with Gasteiger partial charge in [0.1, 0.15) is 5.75 Å². The standard InChI is InChI=1S/C19H16N2O5/c1-24-13-6-7-16(14(20)10-13)21-15-5-3-2-4-12(15)11-19(21)25-17(22)8-9-18(23)26-19/h2-10H,11,20H2,1H3. The van der Waals surface area contributed by atoms with Crippen molar-refractivity contribution in [3.05, 3.63) is 60.2 Å². The molecule has 132 valence electrons. The maximum Gasteiger partial charge on any atom is 0.351 e. The van der Waals surface area contributed by atoms with Crippen molar-refractivity contribution < 1.29 is 23.8 Å². The number of carbonyl (C=O) groups is 2.